The van der Waals surface area contributed by atoms with Crippen molar-refractivity contribution in [3.63, 3.8) is 0 Å². The van der Waals surface area contributed by atoms with Crippen LogP contribution in [0.1, 0.15) is 45.7 Å². The van der Waals surface area contributed by atoms with Crippen molar-refractivity contribution in [3.8, 4) is 0 Å². The smallest absolute Gasteiger partial charge is 0.285 e. The molecule has 0 aliphatic carbocycles. The van der Waals surface area contributed by atoms with Crippen molar-refractivity contribution < 1.29 is 13.2 Å². The van der Waals surface area contributed by atoms with E-state index in [2.05, 4.69) is 24.1 Å². The van der Waals surface area contributed by atoms with E-state index >= 15 is 0 Å². The van der Waals surface area contributed by atoms with Gasteiger partial charge in [0, 0.05) is 48.7 Å². The van der Waals surface area contributed by atoms with E-state index in [4.69, 9.17) is 0 Å². The second-order valence-electron chi connectivity index (χ2n) is 7.89. The third kappa shape index (κ3) is 5.87. The molecule has 0 amide bonds. The minimum atomic E-state index is -3.14. The van der Waals surface area contributed by atoms with Gasteiger partial charge in [-0.15, -0.1) is 0 Å². The Morgan fingerprint density at radius 1 is 1.40 bits per heavy atom. The number of aryl methyl sites for hydroxylation is 1. The van der Waals surface area contributed by atoms with E-state index in [9.17, 15) is 13.2 Å². The lowest BCUT2D eigenvalue weighted by molar-refractivity contribution is 0.139. The fourth-order valence-electron chi connectivity index (χ4n) is 3.86. The molecule has 0 bridgehead atoms. The van der Waals surface area contributed by atoms with Crippen molar-refractivity contribution in [2.24, 2.45) is 5.92 Å². The maximum absolute atomic E-state index is 14.7. The maximum Gasteiger partial charge on any atom is 0.285 e. The predicted molar refractivity (Wildman–Crippen MR) is 122 cm³/mol. The summed E-state index contributed by atoms with van der Waals surface area (Å²) in [7, 11) is 3.12. The van der Waals surface area contributed by atoms with Crippen LogP contribution in [-0.2, 0) is 0 Å². The lowest BCUT2D eigenvalue weighted by Crippen LogP contribution is -2.39. The Morgan fingerprint density at radius 2 is 2.10 bits per heavy atom. The molecule has 166 valence electrons. The Hall–Kier alpha value is -1.81. The molecule has 30 heavy (non-hydrogen) atoms. The van der Waals surface area contributed by atoms with Gasteiger partial charge in [0.1, 0.15) is 5.83 Å². The van der Waals surface area contributed by atoms with Crippen molar-refractivity contribution >= 4 is 21.0 Å². The van der Waals surface area contributed by atoms with Crippen LogP contribution in [0.4, 0.5) is 13.2 Å². The van der Waals surface area contributed by atoms with Crippen molar-refractivity contribution in [1.29, 1.82) is 0 Å². The molecule has 0 aromatic carbocycles. The fraction of sp³-hybridized carbons (Fsp3) is 0.522. The van der Waals surface area contributed by atoms with Gasteiger partial charge in [0.15, 0.2) is 0 Å². The third-order valence-corrected chi connectivity index (χ3v) is 6.13. The number of likely N-dealkylation sites (N-methyl/N-ethyl adjacent to an activating group) is 1. The maximum atomic E-state index is 14.7. The molecule has 3 atom stereocenters. The van der Waals surface area contributed by atoms with E-state index in [0.717, 1.165) is 36.3 Å². The molecule has 1 N–H and O–H groups in total. The molecule has 3 unspecified atom stereocenters. The van der Waals surface area contributed by atoms with Gasteiger partial charge in [-0.25, -0.2) is 4.39 Å². The van der Waals surface area contributed by atoms with Gasteiger partial charge in [-0.05, 0) is 50.0 Å². The van der Waals surface area contributed by atoms with Crippen molar-refractivity contribution in [2.75, 3.05) is 13.6 Å². The second-order valence-corrected chi connectivity index (χ2v) is 8.62. The molecule has 0 saturated heterocycles. The zero-order chi connectivity index (χ0) is 22.5. The zero-order valence-corrected chi connectivity index (χ0v) is 19.6. The van der Waals surface area contributed by atoms with Crippen molar-refractivity contribution in [2.45, 2.75) is 58.7 Å². The van der Waals surface area contributed by atoms with Crippen LogP contribution in [0.2, 0.25) is 0 Å². The van der Waals surface area contributed by atoms with E-state index in [-0.39, 0.29) is 11.5 Å². The fourth-order valence-corrected chi connectivity index (χ4v) is 4.01. The highest BCUT2D eigenvalue weighted by Gasteiger charge is 2.35. The standard InChI is InChI=1S/C23H33F3N3P/c1-6-15(3)19-9-11-28-16(4)20(19)13-27-10-8-17(7-2)22-21(24)12-18(14-29(22)5)23(25,26)30/h9,11-14,17,22,27H,6-8,10,30H2,1-5H3/b19-15-,20-13-. The number of allylic oxidation sites excluding steroid dienone is 2. The predicted octanol–water partition coefficient (Wildman–Crippen LogP) is 4.23. The molecule has 0 fully saturated rings. The molecule has 0 spiro atoms. The summed E-state index contributed by atoms with van der Waals surface area (Å²) in [5.41, 5.74) is -1.21. The molecule has 1 aromatic rings. The van der Waals surface area contributed by atoms with Gasteiger partial charge in [0.2, 0.25) is 0 Å². The van der Waals surface area contributed by atoms with Crippen LogP contribution in [0, 0.1) is 12.8 Å². The molecular formula is C23H33F3N3P. The SMILES string of the molecule is CC/C(C)=c1/ccnc(C)/c1=C/NCCC(CC)C1C(F)=CC(C(F)(F)P)=CN1C. The largest absolute Gasteiger partial charge is 0.390 e. The van der Waals surface area contributed by atoms with Crippen LogP contribution < -0.4 is 15.8 Å². The summed E-state index contributed by atoms with van der Waals surface area (Å²) in [5.74, 6) is -0.506. The molecule has 3 nitrogen and oxygen atoms in total. The molecule has 0 radical (unpaired) electrons. The first-order valence-electron chi connectivity index (χ1n) is 10.4. The van der Waals surface area contributed by atoms with Crippen LogP contribution >= 0.6 is 9.24 Å². The van der Waals surface area contributed by atoms with Crippen LogP contribution in [0.5, 0.6) is 0 Å². The van der Waals surface area contributed by atoms with Gasteiger partial charge in [-0.2, -0.15) is 8.78 Å². The van der Waals surface area contributed by atoms with Crippen LogP contribution in [0.15, 0.2) is 35.9 Å². The molecular weight excluding hydrogens is 406 g/mol. The molecule has 2 heterocycles. The quantitative estimate of drug-likeness (QED) is 0.485. The molecule has 2 rings (SSSR count). The average Bonchev–Trinajstić information content (AvgIpc) is 2.68. The number of hydrogen-bond acceptors (Lipinski definition) is 3. The minimum absolute atomic E-state index is 0.00138. The number of aromatic nitrogens is 1. The summed E-state index contributed by atoms with van der Waals surface area (Å²) in [6.45, 7) is 8.89. The molecule has 7 heteroatoms. The van der Waals surface area contributed by atoms with Gasteiger partial charge in [-0.1, -0.05) is 35.1 Å². The van der Waals surface area contributed by atoms with Crippen molar-refractivity contribution in [1.82, 2.24) is 15.2 Å². The first kappa shape index (κ1) is 24.5. The normalized spacial score (nSPS) is 20.0. The van der Waals surface area contributed by atoms with Gasteiger partial charge < -0.3 is 10.2 Å². The third-order valence-electron chi connectivity index (χ3n) is 5.80. The Labute approximate surface area is 180 Å². The first-order chi connectivity index (χ1) is 14.1. The summed E-state index contributed by atoms with van der Waals surface area (Å²) in [4.78, 5) is 5.96. The number of halogens is 3. The summed E-state index contributed by atoms with van der Waals surface area (Å²) >= 11 is 0. The highest BCUT2D eigenvalue weighted by molar-refractivity contribution is 7.18. The van der Waals surface area contributed by atoms with Crippen LogP contribution in [0.25, 0.3) is 11.8 Å². The van der Waals surface area contributed by atoms with Gasteiger partial charge in [0.25, 0.3) is 5.66 Å². The highest BCUT2D eigenvalue weighted by atomic mass is 31.0. The van der Waals surface area contributed by atoms with Crippen LogP contribution in [0.3, 0.4) is 0 Å². The summed E-state index contributed by atoms with van der Waals surface area (Å²) in [6.07, 6.45) is 8.56. The second kappa shape index (κ2) is 10.5. The number of rotatable bonds is 8. The van der Waals surface area contributed by atoms with E-state index in [1.54, 1.807) is 11.9 Å². The Kier molecular flexibility index (Phi) is 8.54. The summed E-state index contributed by atoms with van der Waals surface area (Å²) in [6, 6.07) is 1.50. The highest BCUT2D eigenvalue weighted by Crippen LogP contribution is 2.38. The lowest BCUT2D eigenvalue weighted by atomic mass is 9.89. The molecule has 1 aromatic heterocycles. The first-order valence-corrected chi connectivity index (χ1v) is 11.0. The summed E-state index contributed by atoms with van der Waals surface area (Å²) < 4.78 is 41.8. The molecule has 1 aliphatic heterocycles. The van der Waals surface area contributed by atoms with E-state index in [0.29, 0.717) is 6.54 Å². The number of nitrogens with zero attached hydrogens (tertiary/aromatic N) is 2. The Bertz CT molecular complexity index is 919. The van der Waals surface area contributed by atoms with Crippen LogP contribution in [-0.4, -0.2) is 35.2 Å². The van der Waals surface area contributed by atoms with E-state index in [1.807, 2.05) is 32.3 Å². The summed E-state index contributed by atoms with van der Waals surface area (Å²) in [5, 5.41) is 5.60. The monoisotopic (exact) mass is 439 g/mol. The number of nitrogens with one attached hydrogen (secondary N) is 1. The Morgan fingerprint density at radius 3 is 2.67 bits per heavy atom. The Balaban J connectivity index is 2.13. The topological polar surface area (TPSA) is 28.2 Å². The zero-order valence-electron chi connectivity index (χ0n) is 18.5. The minimum Gasteiger partial charge on any atom is -0.390 e. The van der Waals surface area contributed by atoms with Crippen molar-refractivity contribution in [3.05, 3.63) is 52.1 Å². The van der Waals surface area contributed by atoms with E-state index < -0.39 is 17.5 Å². The molecule has 1 aliphatic rings. The lowest BCUT2D eigenvalue weighted by Gasteiger charge is -2.36. The molecule has 0 saturated carbocycles. The van der Waals surface area contributed by atoms with Gasteiger partial charge in [-0.3, -0.25) is 4.98 Å². The van der Waals surface area contributed by atoms with E-state index in [1.165, 1.54) is 26.2 Å². The average molecular weight is 440 g/mol. The van der Waals surface area contributed by atoms with Gasteiger partial charge in [0.05, 0.1) is 6.04 Å². The van der Waals surface area contributed by atoms with Gasteiger partial charge >= 0.3 is 0 Å². The number of alkyl halides is 2. The number of pyridine rings is 1. The number of hydrogen-bond donors (Lipinski definition) is 1.